The van der Waals surface area contributed by atoms with Crippen LogP contribution in [0.2, 0.25) is 0 Å². The van der Waals surface area contributed by atoms with Gasteiger partial charge in [-0.15, -0.1) is 0 Å². The van der Waals surface area contributed by atoms with Gasteiger partial charge in [0.15, 0.2) is 0 Å². The Kier molecular flexibility index (Phi) is 5.85. The molecule has 0 radical (unpaired) electrons. The lowest BCUT2D eigenvalue weighted by Crippen LogP contribution is -2.43. The fraction of sp³-hybridized carbons (Fsp3) is 0.833. The molecule has 1 aliphatic carbocycles. The Morgan fingerprint density at radius 3 is 2.65 bits per heavy atom. The number of nitrogens with two attached hydrogens (primary N) is 1. The van der Waals surface area contributed by atoms with E-state index in [0.29, 0.717) is 24.2 Å². The summed E-state index contributed by atoms with van der Waals surface area (Å²) in [6.45, 7) is 3.25. The number of ether oxygens (including phenoxy) is 1. The van der Waals surface area contributed by atoms with Crippen molar-refractivity contribution in [1.29, 1.82) is 0 Å². The van der Waals surface area contributed by atoms with Gasteiger partial charge in [0.25, 0.3) is 0 Å². The molecule has 1 atom stereocenters. The zero-order valence-electron chi connectivity index (χ0n) is 10.6. The first-order valence-corrected chi connectivity index (χ1v) is 6.61. The van der Waals surface area contributed by atoms with Gasteiger partial charge < -0.3 is 15.4 Å². The number of carbonyl (C=O) groups excluding carboxylic acids is 1. The second-order valence-electron chi connectivity index (χ2n) is 4.50. The van der Waals surface area contributed by atoms with Crippen molar-refractivity contribution >= 4 is 23.1 Å². The van der Waals surface area contributed by atoms with Crippen LogP contribution in [0.3, 0.4) is 0 Å². The van der Waals surface area contributed by atoms with E-state index in [2.05, 4.69) is 0 Å². The van der Waals surface area contributed by atoms with Crippen LogP contribution in [-0.4, -0.2) is 42.1 Å². The first-order valence-electron chi connectivity index (χ1n) is 6.20. The third-order valence-electron chi connectivity index (χ3n) is 3.03. The van der Waals surface area contributed by atoms with Crippen molar-refractivity contribution in [2.45, 2.75) is 38.6 Å². The van der Waals surface area contributed by atoms with E-state index in [9.17, 15) is 4.79 Å². The molecule has 0 aromatic carbocycles. The van der Waals surface area contributed by atoms with Crippen molar-refractivity contribution in [3.63, 3.8) is 0 Å². The third kappa shape index (κ3) is 4.24. The number of hydrogen-bond acceptors (Lipinski definition) is 3. The minimum absolute atomic E-state index is 0.0823. The molecule has 1 saturated carbocycles. The zero-order chi connectivity index (χ0) is 12.8. The molecule has 1 unspecified atom stereocenters. The average molecular weight is 258 g/mol. The predicted octanol–water partition coefficient (Wildman–Crippen LogP) is 1.33. The maximum atomic E-state index is 12.4. The van der Waals surface area contributed by atoms with Crippen LogP contribution >= 0.6 is 12.2 Å². The molecule has 1 amide bonds. The summed E-state index contributed by atoms with van der Waals surface area (Å²) in [7, 11) is 1.65. The molecule has 1 fully saturated rings. The maximum absolute atomic E-state index is 12.4. The van der Waals surface area contributed by atoms with E-state index >= 15 is 0 Å². The molecular weight excluding hydrogens is 236 g/mol. The highest BCUT2D eigenvalue weighted by atomic mass is 32.1. The van der Waals surface area contributed by atoms with Crippen molar-refractivity contribution in [2.75, 3.05) is 20.3 Å². The number of amides is 1. The number of carbonyl (C=O) groups is 1. The molecule has 1 aliphatic rings. The van der Waals surface area contributed by atoms with Crippen molar-refractivity contribution in [3.05, 3.63) is 0 Å². The van der Waals surface area contributed by atoms with E-state index in [0.717, 1.165) is 25.7 Å². The first-order chi connectivity index (χ1) is 8.11. The Labute approximate surface area is 108 Å². The van der Waals surface area contributed by atoms with E-state index in [1.54, 1.807) is 7.11 Å². The fourth-order valence-corrected chi connectivity index (χ4v) is 2.14. The number of hydrogen-bond donors (Lipinski definition) is 1. The summed E-state index contributed by atoms with van der Waals surface area (Å²) in [5.41, 5.74) is 5.66. The van der Waals surface area contributed by atoms with Gasteiger partial charge in [0.2, 0.25) is 5.91 Å². The molecular formula is C12H22N2O2S. The predicted molar refractivity (Wildman–Crippen MR) is 71.8 cm³/mol. The SMILES string of the molecule is CCCC(C(=O)N(CCOC)C1CC1)C(N)=S. The molecule has 0 aromatic rings. The summed E-state index contributed by atoms with van der Waals surface area (Å²) in [6.07, 6.45) is 3.83. The van der Waals surface area contributed by atoms with Gasteiger partial charge in [-0.2, -0.15) is 0 Å². The Morgan fingerprint density at radius 2 is 2.24 bits per heavy atom. The number of thiocarbonyl (C=S) groups is 1. The molecule has 0 bridgehead atoms. The molecule has 0 spiro atoms. The summed E-state index contributed by atoms with van der Waals surface area (Å²) in [6, 6.07) is 0.381. The molecule has 0 aromatic heterocycles. The smallest absolute Gasteiger partial charge is 0.232 e. The lowest BCUT2D eigenvalue weighted by Gasteiger charge is -2.26. The van der Waals surface area contributed by atoms with Crippen molar-refractivity contribution in [3.8, 4) is 0 Å². The van der Waals surface area contributed by atoms with Crippen LogP contribution < -0.4 is 5.73 Å². The van der Waals surface area contributed by atoms with Crippen LogP contribution in [0, 0.1) is 5.92 Å². The lowest BCUT2D eigenvalue weighted by atomic mass is 10.0. The Bertz CT molecular complexity index is 280. The Hall–Kier alpha value is -0.680. The van der Waals surface area contributed by atoms with Gasteiger partial charge >= 0.3 is 0 Å². The van der Waals surface area contributed by atoms with Crippen LogP contribution in [0.25, 0.3) is 0 Å². The fourth-order valence-electron chi connectivity index (χ4n) is 1.92. The highest BCUT2D eigenvalue weighted by Crippen LogP contribution is 2.28. The van der Waals surface area contributed by atoms with Crippen LogP contribution in [0.1, 0.15) is 32.6 Å². The second-order valence-corrected chi connectivity index (χ2v) is 4.97. The standard InChI is InChI=1S/C12H22N2O2S/c1-3-4-10(11(13)17)12(15)14(7-8-16-2)9-5-6-9/h9-10H,3-8H2,1-2H3,(H2,13,17). The highest BCUT2D eigenvalue weighted by molar-refractivity contribution is 7.80. The topological polar surface area (TPSA) is 55.6 Å². The van der Waals surface area contributed by atoms with Gasteiger partial charge in [-0.25, -0.2) is 0 Å². The van der Waals surface area contributed by atoms with Gasteiger partial charge in [-0.3, -0.25) is 4.79 Å². The minimum Gasteiger partial charge on any atom is -0.393 e. The van der Waals surface area contributed by atoms with Gasteiger partial charge in [0.1, 0.15) is 0 Å². The number of rotatable bonds is 8. The lowest BCUT2D eigenvalue weighted by molar-refractivity contribution is -0.134. The zero-order valence-corrected chi connectivity index (χ0v) is 11.5. The van der Waals surface area contributed by atoms with Gasteiger partial charge in [0, 0.05) is 19.7 Å². The van der Waals surface area contributed by atoms with Crippen LogP contribution in [0.4, 0.5) is 0 Å². The molecule has 4 nitrogen and oxygen atoms in total. The molecule has 5 heteroatoms. The quantitative estimate of drug-likeness (QED) is 0.667. The van der Waals surface area contributed by atoms with Crippen LogP contribution in [-0.2, 0) is 9.53 Å². The molecule has 98 valence electrons. The first kappa shape index (κ1) is 14.4. The van der Waals surface area contributed by atoms with E-state index < -0.39 is 0 Å². The van der Waals surface area contributed by atoms with E-state index in [4.69, 9.17) is 22.7 Å². The highest BCUT2D eigenvalue weighted by Gasteiger charge is 2.36. The maximum Gasteiger partial charge on any atom is 0.232 e. The molecule has 0 heterocycles. The minimum atomic E-state index is -0.299. The van der Waals surface area contributed by atoms with E-state index in [1.807, 2.05) is 11.8 Å². The monoisotopic (exact) mass is 258 g/mol. The molecule has 17 heavy (non-hydrogen) atoms. The summed E-state index contributed by atoms with van der Waals surface area (Å²) < 4.78 is 5.04. The average Bonchev–Trinajstić information content (AvgIpc) is 3.10. The number of nitrogens with zero attached hydrogens (tertiary/aromatic N) is 1. The largest absolute Gasteiger partial charge is 0.393 e. The van der Waals surface area contributed by atoms with Gasteiger partial charge in [0.05, 0.1) is 17.5 Å². The summed E-state index contributed by atoms with van der Waals surface area (Å²) in [5, 5.41) is 0. The van der Waals surface area contributed by atoms with E-state index in [1.165, 1.54) is 0 Å². The molecule has 2 N–H and O–H groups in total. The van der Waals surface area contributed by atoms with E-state index in [-0.39, 0.29) is 11.8 Å². The van der Waals surface area contributed by atoms with Crippen LogP contribution in [0.5, 0.6) is 0 Å². The Morgan fingerprint density at radius 1 is 1.59 bits per heavy atom. The summed E-state index contributed by atoms with van der Waals surface area (Å²) in [5.74, 6) is -0.216. The molecule has 1 rings (SSSR count). The van der Waals surface area contributed by atoms with Crippen molar-refractivity contribution < 1.29 is 9.53 Å². The second kappa shape index (κ2) is 6.91. The normalized spacial score (nSPS) is 16.6. The van der Waals surface area contributed by atoms with Gasteiger partial charge in [-0.05, 0) is 19.3 Å². The summed E-state index contributed by atoms with van der Waals surface area (Å²) >= 11 is 5.00. The summed E-state index contributed by atoms with van der Waals surface area (Å²) in [4.78, 5) is 14.6. The molecule has 0 aliphatic heterocycles. The third-order valence-corrected chi connectivity index (χ3v) is 3.31. The van der Waals surface area contributed by atoms with Crippen molar-refractivity contribution in [2.24, 2.45) is 11.7 Å². The van der Waals surface area contributed by atoms with Gasteiger partial charge in [-0.1, -0.05) is 25.6 Å². The van der Waals surface area contributed by atoms with Crippen molar-refractivity contribution in [1.82, 2.24) is 4.90 Å². The Balaban J connectivity index is 2.63. The van der Waals surface area contributed by atoms with Crippen LogP contribution in [0.15, 0.2) is 0 Å². The number of methoxy groups -OCH3 is 1. The molecule has 0 saturated heterocycles.